The van der Waals surface area contributed by atoms with Crippen LogP contribution in [-0.4, -0.2) is 197 Å². The summed E-state index contributed by atoms with van der Waals surface area (Å²) in [6.45, 7) is 12.7. The molecule has 11 amide bonds. The predicted octanol–water partition coefficient (Wildman–Crippen LogP) is 1.22. The molecular formula is C73H102N14O19. The number of carboxylic acid groups (broad SMARTS) is 1. The van der Waals surface area contributed by atoms with Crippen LogP contribution in [0.25, 0.3) is 11.1 Å². The van der Waals surface area contributed by atoms with Gasteiger partial charge in [-0.1, -0.05) is 157 Å². The number of carbonyl (C=O) groups is 12. The average molecular weight is 1480 g/mol. The summed E-state index contributed by atoms with van der Waals surface area (Å²) in [7, 11) is 0. The summed E-state index contributed by atoms with van der Waals surface area (Å²) in [5.41, 5.74) is 14.8. The number of nitrogens with zero attached hydrogens (tertiary/aromatic N) is 1. The molecule has 0 heterocycles. The number of aliphatic imine (C=N–C) groups is 1. The van der Waals surface area contributed by atoms with E-state index in [1.165, 1.54) is 0 Å². The number of rotatable bonds is 39. The van der Waals surface area contributed by atoms with Crippen molar-refractivity contribution in [2.75, 3.05) is 32.8 Å². The maximum absolute atomic E-state index is 14.9. The van der Waals surface area contributed by atoms with Gasteiger partial charge in [-0.3, -0.25) is 43.3 Å². The molecule has 0 fully saturated rings. The fourth-order valence-corrected chi connectivity index (χ4v) is 11.2. The van der Waals surface area contributed by atoms with Crippen LogP contribution in [0.5, 0.6) is 0 Å². The highest BCUT2D eigenvalue weighted by atomic mass is 16.6. The number of aliphatic carboxylic acids is 1. The van der Waals surface area contributed by atoms with Gasteiger partial charge in [0.25, 0.3) is 0 Å². The number of ether oxygens (including phenoxy) is 3. The number of benzene rings is 4. The highest BCUT2D eigenvalue weighted by Gasteiger charge is 2.42. The number of nitrogens with one attached hydrogen (secondary N) is 11. The number of amides is 11. The van der Waals surface area contributed by atoms with Gasteiger partial charge in [0.05, 0.1) is 37.9 Å². The van der Waals surface area contributed by atoms with Crippen LogP contribution >= 0.6 is 0 Å². The maximum Gasteiger partial charge on any atom is 0.408 e. The topological polar surface area (TPSA) is 510 Å². The highest BCUT2D eigenvalue weighted by molar-refractivity contribution is 5.98. The van der Waals surface area contributed by atoms with Gasteiger partial charge >= 0.3 is 24.2 Å². The van der Waals surface area contributed by atoms with Gasteiger partial charge < -0.3 is 105 Å². The summed E-state index contributed by atoms with van der Waals surface area (Å²) in [4.78, 5) is 171. The zero-order valence-electron chi connectivity index (χ0n) is 61.1. The van der Waals surface area contributed by atoms with Crippen molar-refractivity contribution in [3.63, 3.8) is 0 Å². The van der Waals surface area contributed by atoms with E-state index in [0.29, 0.717) is 5.56 Å². The molecule has 5 rings (SSSR count). The largest absolute Gasteiger partial charge is 0.480 e. The molecule has 0 unspecified atom stereocenters. The fraction of sp³-hybridized carbons (Fsp3) is 0.493. The Morgan fingerprint density at radius 3 is 1.63 bits per heavy atom. The second-order valence-electron chi connectivity index (χ2n) is 27.4. The van der Waals surface area contributed by atoms with Crippen molar-refractivity contribution in [3.05, 3.63) is 131 Å². The summed E-state index contributed by atoms with van der Waals surface area (Å²) in [6, 6.07) is 16.7. The van der Waals surface area contributed by atoms with E-state index >= 15 is 0 Å². The Hall–Kier alpha value is -10.9. The Kier molecular flexibility index (Phi) is 33.6. The van der Waals surface area contributed by atoms with Crippen LogP contribution in [0.4, 0.5) is 14.4 Å². The molecule has 0 saturated carbocycles. The number of hydrogen-bond donors (Lipinski definition) is 17. The van der Waals surface area contributed by atoms with Crippen molar-refractivity contribution in [1.82, 2.24) is 58.5 Å². The van der Waals surface area contributed by atoms with Crippen LogP contribution < -0.4 is 70.0 Å². The van der Waals surface area contributed by atoms with Gasteiger partial charge in [-0.2, -0.15) is 0 Å². The zero-order chi connectivity index (χ0) is 78.5. The normalized spacial score (nSPS) is 15.1. The van der Waals surface area contributed by atoms with Crippen LogP contribution in [-0.2, 0) is 64.0 Å². The SMILES string of the molecule is CC[C@H](C)[C@H](NC(=O)[C@@H](CCCN=C(N)N)NC(=O)[C@H](CC(C)C)NC(=O)[C@@H](NC(=O)[C@@H](NC(=O)OCc1ccccc1)[C@H](NC(=O)OC(C)(C)C)c1ccccc1)[C@H](O)C(C)C)C(=O)N[C@H](C(=O)NCC(=O)N[C@@H](CNC(=O)OCC1c2ccccc2-c2ccccc21)C(=O)N[C@@H](CO)C(=O)O)[C@H](C)O. The van der Waals surface area contributed by atoms with Crippen molar-refractivity contribution in [2.45, 2.75) is 180 Å². The highest BCUT2D eigenvalue weighted by Crippen LogP contribution is 2.44. The first-order chi connectivity index (χ1) is 50.1. The Morgan fingerprint density at radius 2 is 1.08 bits per heavy atom. The quantitative estimate of drug-likeness (QED) is 0.0129. The monoisotopic (exact) mass is 1480 g/mol. The van der Waals surface area contributed by atoms with E-state index in [9.17, 15) is 78.0 Å². The third-order valence-electron chi connectivity index (χ3n) is 17.0. The lowest BCUT2D eigenvalue weighted by Crippen LogP contribution is -2.63. The number of fused-ring (bicyclic) bond motifs is 3. The Morgan fingerprint density at radius 1 is 0.547 bits per heavy atom. The van der Waals surface area contributed by atoms with Crippen molar-refractivity contribution < 1.29 is 92.2 Å². The van der Waals surface area contributed by atoms with Crippen molar-refractivity contribution in [2.24, 2.45) is 34.2 Å². The van der Waals surface area contributed by atoms with E-state index in [-0.39, 0.29) is 68.8 Å². The van der Waals surface area contributed by atoms with E-state index in [0.717, 1.165) is 29.2 Å². The standard InChI is InChI=1S/C73H102N14O19/c1-11-41(6)55(65(96)84-56(42(7)89)64(95)77-35-54(90)79-52(63(94)82-53(36-88)68(99)100)34-78-70(101)105-38-49-47-29-20-18-27-45(47)46-28-19-21-30-48(46)49)83-61(92)50(31-22-32-76-69(74)75)80-62(93)51(33-39(2)3)81-67(98)59(60(91)40(4)5)85-66(97)58(87-71(102)104-37-43-23-14-12-15-24-43)57(44-25-16-13-17-26-44)86-72(103)106-73(8,9)10/h12-21,23-30,39-42,49-53,55-60,88-89,91H,11,22,31-38H2,1-10H3,(H,77,95)(H,78,101)(H,79,90)(H,80,93)(H,81,98)(H,82,94)(H,83,92)(H,84,96)(H,85,97)(H,86,103)(H,87,102)(H,99,100)(H4,74,75,76)/t41-,42-,50+,51-,52-,53-,55-,56-,57+,58-,59-,60+/m0/s1. The minimum atomic E-state index is -1.88. The molecule has 0 spiro atoms. The molecule has 12 atom stereocenters. The van der Waals surface area contributed by atoms with Crippen LogP contribution in [0.2, 0.25) is 0 Å². The minimum Gasteiger partial charge on any atom is -0.480 e. The van der Waals surface area contributed by atoms with Gasteiger partial charge in [0.2, 0.25) is 47.3 Å². The summed E-state index contributed by atoms with van der Waals surface area (Å²) in [5.74, 6) is -12.7. The van der Waals surface area contributed by atoms with Crippen LogP contribution in [0, 0.1) is 17.8 Å². The number of hydrogen-bond acceptors (Lipinski definition) is 19. The number of alkyl carbamates (subject to hydrolysis) is 3. The lowest BCUT2D eigenvalue weighted by Gasteiger charge is -2.33. The molecule has 106 heavy (non-hydrogen) atoms. The molecule has 0 radical (unpaired) electrons. The molecule has 0 aromatic heterocycles. The molecule has 33 nitrogen and oxygen atoms in total. The first kappa shape index (κ1) is 85.7. The van der Waals surface area contributed by atoms with Crippen LogP contribution in [0.1, 0.15) is 129 Å². The van der Waals surface area contributed by atoms with Gasteiger partial charge in [0, 0.05) is 12.5 Å². The van der Waals surface area contributed by atoms with E-state index in [1.807, 2.05) is 48.5 Å². The molecule has 1 aliphatic rings. The van der Waals surface area contributed by atoms with E-state index in [1.54, 1.807) is 123 Å². The molecule has 0 aliphatic heterocycles. The smallest absolute Gasteiger partial charge is 0.408 e. The summed E-state index contributed by atoms with van der Waals surface area (Å²) < 4.78 is 16.6. The van der Waals surface area contributed by atoms with Crippen LogP contribution in [0.3, 0.4) is 0 Å². The molecule has 33 heteroatoms. The van der Waals surface area contributed by atoms with E-state index in [4.69, 9.17) is 25.7 Å². The molecule has 0 saturated heterocycles. The Bertz CT molecular complexity index is 3640. The van der Waals surface area contributed by atoms with Crippen LogP contribution in [0.15, 0.2) is 114 Å². The van der Waals surface area contributed by atoms with Crippen molar-refractivity contribution in [1.29, 1.82) is 0 Å². The molecule has 4 aromatic rings. The molecule has 1 aliphatic carbocycles. The predicted molar refractivity (Wildman–Crippen MR) is 388 cm³/mol. The fourth-order valence-electron chi connectivity index (χ4n) is 11.2. The van der Waals surface area contributed by atoms with Crippen molar-refractivity contribution in [3.8, 4) is 11.1 Å². The molecule has 0 bridgehead atoms. The third kappa shape index (κ3) is 27.0. The lowest BCUT2D eigenvalue weighted by atomic mass is 9.95. The number of nitrogens with two attached hydrogens (primary N) is 2. The number of guanidine groups is 1. The van der Waals surface area contributed by atoms with Crippen molar-refractivity contribution >= 4 is 77.5 Å². The molecule has 4 aromatic carbocycles. The van der Waals surface area contributed by atoms with Gasteiger partial charge in [0.1, 0.15) is 67.1 Å². The number of carboxylic acids is 1. The summed E-state index contributed by atoms with van der Waals surface area (Å²) in [6.07, 6.45) is -6.55. The van der Waals surface area contributed by atoms with E-state index in [2.05, 4.69) is 63.5 Å². The Balaban J connectivity index is 1.33. The Labute approximate surface area is 615 Å². The maximum atomic E-state index is 14.9. The second-order valence-corrected chi connectivity index (χ2v) is 27.4. The molecule has 578 valence electrons. The molecular weight excluding hydrogens is 1380 g/mol. The zero-order valence-corrected chi connectivity index (χ0v) is 61.1. The van der Waals surface area contributed by atoms with Gasteiger partial charge in [-0.05, 0) is 98.1 Å². The first-order valence-electron chi connectivity index (χ1n) is 34.9. The average Bonchev–Trinajstić information content (AvgIpc) is 1.61. The van der Waals surface area contributed by atoms with Gasteiger partial charge in [0.15, 0.2) is 5.96 Å². The lowest BCUT2D eigenvalue weighted by molar-refractivity contribution is -0.143. The number of aliphatic hydroxyl groups excluding tert-OH is 3. The second kappa shape index (κ2) is 41.5. The van der Waals surface area contributed by atoms with Gasteiger partial charge in [-0.15, -0.1) is 0 Å². The van der Waals surface area contributed by atoms with E-state index < -0.39 is 175 Å². The third-order valence-corrected chi connectivity index (χ3v) is 17.0. The minimum absolute atomic E-state index is 0.0397. The first-order valence-corrected chi connectivity index (χ1v) is 34.9. The summed E-state index contributed by atoms with van der Waals surface area (Å²) >= 11 is 0. The number of carbonyl (C=O) groups excluding carboxylic acids is 11. The van der Waals surface area contributed by atoms with Gasteiger partial charge in [-0.25, -0.2) is 19.2 Å². The molecule has 19 N–H and O–H groups in total. The summed E-state index contributed by atoms with van der Waals surface area (Å²) in [5, 5.41) is 68.9. The number of aliphatic hydroxyl groups is 3.